The second-order valence-electron chi connectivity index (χ2n) is 6.13. The average molecular weight is 245 g/mol. The molecule has 3 unspecified atom stereocenters. The second-order valence-corrected chi connectivity index (χ2v) is 6.13. The molecule has 2 N–H and O–H groups in total. The van der Waals surface area contributed by atoms with E-state index in [1.54, 1.807) is 0 Å². The van der Waals surface area contributed by atoms with Crippen LogP contribution in [0.3, 0.4) is 0 Å². The molecule has 1 aliphatic carbocycles. The maximum Gasteiger partial charge on any atom is -0.000536 e. The molecule has 1 nitrogen and oxygen atoms in total. The van der Waals surface area contributed by atoms with Crippen LogP contribution in [0.4, 0.5) is 0 Å². The lowest BCUT2D eigenvalue weighted by molar-refractivity contribution is 0.218. The molecule has 1 aliphatic rings. The quantitative estimate of drug-likeness (QED) is 0.849. The molecule has 3 atom stereocenters. The van der Waals surface area contributed by atoms with Gasteiger partial charge in [0.05, 0.1) is 0 Å². The Balaban J connectivity index is 2.26. The Bertz CT molecular complexity index is 397. The summed E-state index contributed by atoms with van der Waals surface area (Å²) in [6.07, 6.45) is 5.53. The van der Waals surface area contributed by atoms with Gasteiger partial charge in [-0.2, -0.15) is 0 Å². The van der Waals surface area contributed by atoms with Crippen LogP contribution in [0.15, 0.2) is 18.2 Å². The Kier molecular flexibility index (Phi) is 4.45. The lowest BCUT2D eigenvalue weighted by Crippen LogP contribution is -2.29. The minimum Gasteiger partial charge on any atom is -0.330 e. The van der Waals surface area contributed by atoms with E-state index in [0.717, 1.165) is 18.4 Å². The third kappa shape index (κ3) is 2.77. The molecular weight excluding hydrogens is 218 g/mol. The van der Waals surface area contributed by atoms with Crippen molar-refractivity contribution in [1.82, 2.24) is 0 Å². The molecule has 0 heterocycles. The Labute approximate surface area is 112 Å². The molecule has 1 fully saturated rings. The average Bonchev–Trinajstić information content (AvgIpc) is 2.34. The smallest absolute Gasteiger partial charge is 0.000536 e. The van der Waals surface area contributed by atoms with Crippen molar-refractivity contribution in [2.24, 2.45) is 17.6 Å². The Morgan fingerprint density at radius 3 is 2.56 bits per heavy atom. The Morgan fingerprint density at radius 2 is 1.94 bits per heavy atom. The van der Waals surface area contributed by atoms with Gasteiger partial charge in [-0.1, -0.05) is 49.9 Å². The van der Waals surface area contributed by atoms with Crippen LogP contribution in [-0.2, 0) is 0 Å². The Morgan fingerprint density at radius 1 is 1.22 bits per heavy atom. The zero-order valence-corrected chi connectivity index (χ0v) is 12.1. The van der Waals surface area contributed by atoms with Crippen molar-refractivity contribution < 1.29 is 0 Å². The van der Waals surface area contributed by atoms with E-state index >= 15 is 0 Å². The molecule has 0 amide bonds. The molecule has 1 saturated carbocycles. The van der Waals surface area contributed by atoms with Crippen LogP contribution in [0.1, 0.15) is 55.2 Å². The summed E-state index contributed by atoms with van der Waals surface area (Å²) in [7, 11) is 0. The molecule has 0 radical (unpaired) electrons. The van der Waals surface area contributed by atoms with Gasteiger partial charge in [-0.05, 0) is 55.7 Å². The van der Waals surface area contributed by atoms with E-state index in [9.17, 15) is 0 Å². The minimum atomic E-state index is 0.556. The van der Waals surface area contributed by atoms with Gasteiger partial charge in [-0.3, -0.25) is 0 Å². The van der Waals surface area contributed by atoms with E-state index in [4.69, 9.17) is 5.73 Å². The summed E-state index contributed by atoms with van der Waals surface area (Å²) in [6, 6.07) is 6.84. The van der Waals surface area contributed by atoms with E-state index in [-0.39, 0.29) is 0 Å². The van der Waals surface area contributed by atoms with Crippen LogP contribution in [0.5, 0.6) is 0 Å². The van der Waals surface area contributed by atoms with Crippen molar-refractivity contribution in [3.63, 3.8) is 0 Å². The van der Waals surface area contributed by atoms with Crippen molar-refractivity contribution in [2.45, 2.75) is 52.4 Å². The first-order valence-corrected chi connectivity index (χ1v) is 7.40. The third-order valence-corrected chi connectivity index (χ3v) is 4.77. The molecule has 1 heteroatoms. The highest BCUT2D eigenvalue weighted by molar-refractivity contribution is 5.34. The first-order valence-electron chi connectivity index (χ1n) is 7.40. The lowest BCUT2D eigenvalue weighted by Gasteiger charge is -2.36. The third-order valence-electron chi connectivity index (χ3n) is 4.77. The van der Waals surface area contributed by atoms with Gasteiger partial charge < -0.3 is 5.73 Å². The SMILES string of the molecule is Cc1ccc(C(CN)C2CCCCC2C)c(C)c1. The van der Waals surface area contributed by atoms with Gasteiger partial charge in [0.1, 0.15) is 0 Å². The summed E-state index contributed by atoms with van der Waals surface area (Å²) in [5.74, 6) is 2.17. The van der Waals surface area contributed by atoms with Crippen LogP contribution in [0, 0.1) is 25.7 Å². The first-order chi connectivity index (χ1) is 8.63. The topological polar surface area (TPSA) is 26.0 Å². The largest absolute Gasteiger partial charge is 0.330 e. The number of hydrogen-bond donors (Lipinski definition) is 1. The van der Waals surface area contributed by atoms with Crippen LogP contribution in [0.2, 0.25) is 0 Å². The van der Waals surface area contributed by atoms with Gasteiger partial charge in [0.15, 0.2) is 0 Å². The van der Waals surface area contributed by atoms with Gasteiger partial charge in [-0.25, -0.2) is 0 Å². The van der Waals surface area contributed by atoms with Crippen LogP contribution in [0.25, 0.3) is 0 Å². The van der Waals surface area contributed by atoms with Crippen molar-refractivity contribution in [3.8, 4) is 0 Å². The van der Waals surface area contributed by atoms with Crippen molar-refractivity contribution in [2.75, 3.05) is 6.54 Å². The van der Waals surface area contributed by atoms with E-state index in [0.29, 0.717) is 5.92 Å². The van der Waals surface area contributed by atoms with Gasteiger partial charge in [0.25, 0.3) is 0 Å². The number of aryl methyl sites for hydroxylation is 2. The number of hydrogen-bond acceptors (Lipinski definition) is 1. The minimum absolute atomic E-state index is 0.556. The molecule has 2 rings (SSSR count). The summed E-state index contributed by atoms with van der Waals surface area (Å²) < 4.78 is 0. The summed E-state index contributed by atoms with van der Waals surface area (Å²) in [5, 5.41) is 0. The summed E-state index contributed by atoms with van der Waals surface area (Å²) in [4.78, 5) is 0. The highest BCUT2D eigenvalue weighted by Crippen LogP contribution is 2.40. The maximum atomic E-state index is 6.10. The molecule has 1 aromatic carbocycles. The van der Waals surface area contributed by atoms with Gasteiger partial charge in [0, 0.05) is 0 Å². The van der Waals surface area contributed by atoms with Gasteiger partial charge in [0.2, 0.25) is 0 Å². The van der Waals surface area contributed by atoms with Crippen LogP contribution < -0.4 is 5.73 Å². The molecule has 18 heavy (non-hydrogen) atoms. The molecule has 1 aromatic rings. The zero-order chi connectivity index (χ0) is 13.1. The lowest BCUT2D eigenvalue weighted by atomic mass is 9.70. The monoisotopic (exact) mass is 245 g/mol. The zero-order valence-electron chi connectivity index (χ0n) is 12.1. The molecule has 0 aliphatic heterocycles. The number of benzene rings is 1. The van der Waals surface area contributed by atoms with Crippen molar-refractivity contribution >= 4 is 0 Å². The standard InChI is InChI=1S/C17H27N/c1-12-8-9-16(14(3)10-12)17(11-18)15-7-5-4-6-13(15)2/h8-10,13,15,17H,4-7,11,18H2,1-3H3. The fourth-order valence-electron chi connectivity index (χ4n) is 3.72. The fourth-order valence-corrected chi connectivity index (χ4v) is 3.72. The second kappa shape index (κ2) is 5.88. The number of rotatable bonds is 3. The predicted molar refractivity (Wildman–Crippen MR) is 78.8 cm³/mol. The number of nitrogens with two attached hydrogens (primary N) is 1. The summed E-state index contributed by atoms with van der Waals surface area (Å²) in [6.45, 7) is 7.60. The highest BCUT2D eigenvalue weighted by Gasteiger charge is 2.29. The fraction of sp³-hybridized carbons (Fsp3) is 0.647. The van der Waals surface area contributed by atoms with Crippen LogP contribution in [-0.4, -0.2) is 6.54 Å². The molecule has 0 spiro atoms. The van der Waals surface area contributed by atoms with Gasteiger partial charge in [-0.15, -0.1) is 0 Å². The van der Waals surface area contributed by atoms with E-state index in [2.05, 4.69) is 39.0 Å². The predicted octanol–water partition coefficient (Wildman–Crippen LogP) is 4.17. The highest BCUT2D eigenvalue weighted by atomic mass is 14.6. The molecule has 0 saturated heterocycles. The van der Waals surface area contributed by atoms with E-state index in [1.165, 1.54) is 42.4 Å². The van der Waals surface area contributed by atoms with Crippen LogP contribution >= 0.6 is 0 Å². The molecule has 0 bridgehead atoms. The molecule has 0 aromatic heterocycles. The molecule has 100 valence electrons. The van der Waals surface area contributed by atoms with Gasteiger partial charge >= 0.3 is 0 Å². The van der Waals surface area contributed by atoms with E-state index < -0.39 is 0 Å². The Hall–Kier alpha value is -0.820. The van der Waals surface area contributed by atoms with E-state index in [1.807, 2.05) is 0 Å². The first kappa shape index (κ1) is 13.6. The molecular formula is C17H27N. The maximum absolute atomic E-state index is 6.10. The normalized spacial score (nSPS) is 26.0. The summed E-state index contributed by atoms with van der Waals surface area (Å²) in [5.41, 5.74) is 10.4. The van der Waals surface area contributed by atoms with Crippen molar-refractivity contribution in [1.29, 1.82) is 0 Å². The summed E-state index contributed by atoms with van der Waals surface area (Å²) >= 11 is 0. The van der Waals surface area contributed by atoms with Crippen molar-refractivity contribution in [3.05, 3.63) is 34.9 Å².